The maximum Gasteiger partial charge on any atom is 0.0717 e. The molecule has 2 aliphatic heterocycles. The van der Waals surface area contributed by atoms with Gasteiger partial charge in [0.25, 0.3) is 0 Å². The number of likely N-dealkylation sites (tertiary alicyclic amines) is 1. The molecule has 0 amide bonds. The van der Waals surface area contributed by atoms with Crippen molar-refractivity contribution >= 4 is 0 Å². The third-order valence-electron chi connectivity index (χ3n) is 3.00. The van der Waals surface area contributed by atoms with E-state index in [4.69, 9.17) is 0 Å². The second kappa shape index (κ2) is 3.73. The van der Waals surface area contributed by atoms with Crippen molar-refractivity contribution in [3.05, 3.63) is 0 Å². The molecule has 0 bridgehead atoms. The average Bonchev–Trinajstić information content (AvgIpc) is 2.65. The standard InChI is InChI=1S/C9H18N2O/c12-9-6-10-5-8(9)7-11-3-1-2-4-11/h8-10,12H,1-7H2/t8-,9+/m0/s1. The Morgan fingerprint density at radius 3 is 2.58 bits per heavy atom. The fraction of sp³-hybridized carbons (Fsp3) is 1.00. The summed E-state index contributed by atoms with van der Waals surface area (Å²) in [6, 6.07) is 0. The molecule has 2 heterocycles. The van der Waals surface area contributed by atoms with Gasteiger partial charge in [0, 0.05) is 25.6 Å². The maximum absolute atomic E-state index is 9.56. The monoisotopic (exact) mass is 170 g/mol. The van der Waals surface area contributed by atoms with Crippen LogP contribution in [0.15, 0.2) is 0 Å². The van der Waals surface area contributed by atoms with E-state index in [0.29, 0.717) is 5.92 Å². The average molecular weight is 170 g/mol. The number of aliphatic hydroxyl groups excluding tert-OH is 1. The summed E-state index contributed by atoms with van der Waals surface area (Å²) < 4.78 is 0. The molecule has 0 radical (unpaired) electrons. The van der Waals surface area contributed by atoms with E-state index in [1.54, 1.807) is 0 Å². The number of aliphatic hydroxyl groups is 1. The fourth-order valence-electron chi connectivity index (χ4n) is 2.20. The van der Waals surface area contributed by atoms with E-state index < -0.39 is 0 Å². The van der Waals surface area contributed by atoms with Crippen molar-refractivity contribution in [2.75, 3.05) is 32.7 Å². The highest BCUT2D eigenvalue weighted by atomic mass is 16.3. The zero-order valence-corrected chi connectivity index (χ0v) is 7.50. The van der Waals surface area contributed by atoms with Crippen molar-refractivity contribution in [3.8, 4) is 0 Å². The molecular weight excluding hydrogens is 152 g/mol. The van der Waals surface area contributed by atoms with Gasteiger partial charge in [-0.15, -0.1) is 0 Å². The minimum Gasteiger partial charge on any atom is -0.391 e. The molecule has 0 aliphatic carbocycles. The van der Waals surface area contributed by atoms with Crippen LogP contribution in [0.4, 0.5) is 0 Å². The van der Waals surface area contributed by atoms with Gasteiger partial charge in [-0.05, 0) is 25.9 Å². The van der Waals surface area contributed by atoms with Crippen LogP contribution in [-0.4, -0.2) is 48.8 Å². The molecule has 0 aromatic heterocycles. The summed E-state index contributed by atoms with van der Waals surface area (Å²) in [7, 11) is 0. The smallest absolute Gasteiger partial charge is 0.0717 e. The van der Waals surface area contributed by atoms with E-state index in [1.807, 2.05) is 0 Å². The van der Waals surface area contributed by atoms with Crippen LogP contribution in [-0.2, 0) is 0 Å². The van der Waals surface area contributed by atoms with Crippen molar-refractivity contribution in [2.45, 2.75) is 18.9 Å². The van der Waals surface area contributed by atoms with E-state index in [-0.39, 0.29) is 6.10 Å². The van der Waals surface area contributed by atoms with Crippen LogP contribution in [0.5, 0.6) is 0 Å². The molecule has 3 nitrogen and oxygen atoms in total. The highest BCUT2D eigenvalue weighted by Gasteiger charge is 2.27. The van der Waals surface area contributed by atoms with Gasteiger partial charge in [0.05, 0.1) is 6.10 Å². The first-order chi connectivity index (χ1) is 5.86. The molecule has 2 N–H and O–H groups in total. The summed E-state index contributed by atoms with van der Waals surface area (Å²) >= 11 is 0. The molecule has 0 saturated carbocycles. The van der Waals surface area contributed by atoms with Crippen molar-refractivity contribution in [2.24, 2.45) is 5.92 Å². The minimum atomic E-state index is -0.106. The third kappa shape index (κ3) is 1.79. The number of rotatable bonds is 2. The minimum absolute atomic E-state index is 0.106. The zero-order chi connectivity index (χ0) is 8.39. The number of nitrogens with one attached hydrogen (secondary N) is 1. The van der Waals surface area contributed by atoms with Crippen LogP contribution in [0.25, 0.3) is 0 Å². The lowest BCUT2D eigenvalue weighted by Crippen LogP contribution is -2.32. The summed E-state index contributed by atoms with van der Waals surface area (Å²) in [6.45, 7) is 5.36. The predicted molar refractivity (Wildman–Crippen MR) is 48.0 cm³/mol. The number of nitrogens with zero attached hydrogens (tertiary/aromatic N) is 1. The van der Waals surface area contributed by atoms with Crippen molar-refractivity contribution < 1.29 is 5.11 Å². The lowest BCUT2D eigenvalue weighted by molar-refractivity contribution is 0.123. The van der Waals surface area contributed by atoms with E-state index in [9.17, 15) is 5.11 Å². The Hall–Kier alpha value is -0.120. The van der Waals surface area contributed by atoms with Gasteiger partial charge in [-0.2, -0.15) is 0 Å². The van der Waals surface area contributed by atoms with Crippen LogP contribution in [0, 0.1) is 5.92 Å². The molecule has 0 aromatic carbocycles. The molecule has 2 rings (SSSR count). The zero-order valence-electron chi connectivity index (χ0n) is 7.50. The van der Waals surface area contributed by atoms with Gasteiger partial charge in [-0.25, -0.2) is 0 Å². The first-order valence-electron chi connectivity index (χ1n) is 4.97. The van der Waals surface area contributed by atoms with E-state index in [0.717, 1.165) is 19.6 Å². The lowest BCUT2D eigenvalue weighted by atomic mass is 10.1. The van der Waals surface area contributed by atoms with Gasteiger partial charge >= 0.3 is 0 Å². The van der Waals surface area contributed by atoms with Crippen LogP contribution >= 0.6 is 0 Å². The maximum atomic E-state index is 9.56. The Kier molecular flexibility index (Phi) is 2.63. The molecule has 2 atom stereocenters. The third-order valence-corrected chi connectivity index (χ3v) is 3.00. The van der Waals surface area contributed by atoms with Gasteiger partial charge in [0.15, 0.2) is 0 Å². The molecule has 2 saturated heterocycles. The summed E-state index contributed by atoms with van der Waals surface area (Å²) in [5.41, 5.74) is 0. The lowest BCUT2D eigenvalue weighted by Gasteiger charge is -2.21. The molecule has 12 heavy (non-hydrogen) atoms. The Morgan fingerprint density at radius 1 is 1.25 bits per heavy atom. The molecule has 2 fully saturated rings. The number of hydrogen-bond donors (Lipinski definition) is 2. The second-order valence-electron chi connectivity index (χ2n) is 3.99. The van der Waals surface area contributed by atoms with Gasteiger partial charge < -0.3 is 15.3 Å². The molecule has 3 heteroatoms. The van der Waals surface area contributed by atoms with Gasteiger partial charge in [-0.3, -0.25) is 0 Å². The van der Waals surface area contributed by atoms with Crippen molar-refractivity contribution in [1.29, 1.82) is 0 Å². The topological polar surface area (TPSA) is 35.5 Å². The van der Waals surface area contributed by atoms with E-state index >= 15 is 0 Å². The summed E-state index contributed by atoms with van der Waals surface area (Å²) in [5.74, 6) is 0.475. The molecule has 2 aliphatic rings. The fourth-order valence-corrected chi connectivity index (χ4v) is 2.20. The van der Waals surface area contributed by atoms with Crippen LogP contribution in [0.3, 0.4) is 0 Å². The highest BCUT2D eigenvalue weighted by Crippen LogP contribution is 2.14. The van der Waals surface area contributed by atoms with Crippen LogP contribution in [0.2, 0.25) is 0 Å². The molecule has 0 aromatic rings. The SMILES string of the molecule is O[C@@H]1CNC[C@H]1CN1CCCC1. The van der Waals surface area contributed by atoms with Gasteiger partial charge in [0.1, 0.15) is 0 Å². The molecule has 0 unspecified atom stereocenters. The van der Waals surface area contributed by atoms with Crippen LogP contribution in [0.1, 0.15) is 12.8 Å². The normalized spacial score (nSPS) is 37.8. The summed E-state index contributed by atoms with van der Waals surface area (Å²) in [6.07, 6.45) is 2.58. The Morgan fingerprint density at radius 2 is 2.00 bits per heavy atom. The van der Waals surface area contributed by atoms with Gasteiger partial charge in [-0.1, -0.05) is 0 Å². The van der Waals surface area contributed by atoms with E-state index in [1.165, 1.54) is 25.9 Å². The summed E-state index contributed by atoms with van der Waals surface area (Å²) in [5, 5.41) is 12.8. The van der Waals surface area contributed by atoms with E-state index in [2.05, 4.69) is 10.2 Å². The Bertz CT molecular complexity index is 145. The van der Waals surface area contributed by atoms with Crippen LogP contribution < -0.4 is 5.32 Å². The molecular formula is C9H18N2O. The van der Waals surface area contributed by atoms with Gasteiger partial charge in [0.2, 0.25) is 0 Å². The molecule has 0 spiro atoms. The quantitative estimate of drug-likeness (QED) is 0.595. The summed E-state index contributed by atoms with van der Waals surface area (Å²) in [4.78, 5) is 2.47. The number of hydrogen-bond acceptors (Lipinski definition) is 3. The molecule has 70 valence electrons. The Balaban J connectivity index is 1.77. The first-order valence-corrected chi connectivity index (χ1v) is 4.97. The first kappa shape index (κ1) is 8.48. The highest BCUT2D eigenvalue weighted by molar-refractivity contribution is 4.83. The largest absolute Gasteiger partial charge is 0.391 e. The number of β-amino-alcohol motifs (C(OH)–C–C–N with tert-alkyl or cyclic N) is 1. The Labute approximate surface area is 73.8 Å². The second-order valence-corrected chi connectivity index (χ2v) is 3.99. The predicted octanol–water partition coefficient (Wildman–Crippen LogP) is -0.337. The van der Waals surface area contributed by atoms with Crippen molar-refractivity contribution in [3.63, 3.8) is 0 Å². The van der Waals surface area contributed by atoms with Crippen molar-refractivity contribution in [1.82, 2.24) is 10.2 Å².